The van der Waals surface area contributed by atoms with Crippen molar-refractivity contribution in [2.45, 2.75) is 0 Å². The third-order valence-corrected chi connectivity index (χ3v) is 3.21. The maximum absolute atomic E-state index is 9.79. The van der Waals surface area contributed by atoms with E-state index in [1.54, 1.807) is 11.2 Å². The van der Waals surface area contributed by atoms with Crippen LogP contribution in [0.15, 0.2) is 71.4 Å². The van der Waals surface area contributed by atoms with Crippen molar-refractivity contribution in [3.8, 4) is 0 Å². The van der Waals surface area contributed by atoms with E-state index in [0.717, 1.165) is 11.3 Å². The van der Waals surface area contributed by atoms with E-state index in [1.807, 2.05) is 60.7 Å². The van der Waals surface area contributed by atoms with Crippen LogP contribution in [0.3, 0.4) is 0 Å². The monoisotopic (exact) mass is 279 g/mol. The van der Waals surface area contributed by atoms with Crippen molar-refractivity contribution in [3.05, 3.63) is 71.8 Å². The summed E-state index contributed by atoms with van der Waals surface area (Å²) in [5.74, 6) is 0. The molecule has 3 N–H and O–H groups in total. The van der Waals surface area contributed by atoms with Crippen LogP contribution in [0.4, 0.5) is 5.69 Å². The highest BCUT2D eigenvalue weighted by Gasteiger charge is 2.29. The molecule has 104 valence electrons. The van der Waals surface area contributed by atoms with Crippen LogP contribution in [0.2, 0.25) is 0 Å². The van der Waals surface area contributed by atoms with Gasteiger partial charge in [0.05, 0.1) is 17.5 Å². The zero-order valence-electron chi connectivity index (χ0n) is 11.2. The molecule has 0 unspecified atom stereocenters. The van der Waals surface area contributed by atoms with Gasteiger partial charge in [0, 0.05) is 5.57 Å². The first-order valence-electron chi connectivity index (χ1n) is 6.57. The second-order valence-corrected chi connectivity index (χ2v) is 4.57. The van der Waals surface area contributed by atoms with Crippen molar-refractivity contribution in [1.82, 2.24) is 5.53 Å². The van der Waals surface area contributed by atoms with Crippen molar-refractivity contribution >= 4 is 24.6 Å². The lowest BCUT2D eigenvalue weighted by Gasteiger charge is -2.30. The molecule has 1 heterocycles. The van der Waals surface area contributed by atoms with E-state index in [4.69, 9.17) is 0 Å². The summed E-state index contributed by atoms with van der Waals surface area (Å²) in [6.45, 7) is 0. The van der Waals surface area contributed by atoms with Gasteiger partial charge in [0.2, 0.25) is 0 Å². The Kier molecular flexibility index (Phi) is 3.72. The van der Waals surface area contributed by atoms with Crippen LogP contribution in [-0.4, -0.2) is 23.4 Å². The summed E-state index contributed by atoms with van der Waals surface area (Å²) in [5, 5.41) is 25.2. The molecular weight excluding hydrogens is 265 g/mol. The topological polar surface area (TPSA) is 68.1 Å². The number of allylic oxidation sites excluding steroid dienone is 1. The number of anilines is 1. The fraction of sp³-hybridized carbons (Fsp3) is 0. The molecule has 6 heteroatoms. The second-order valence-electron chi connectivity index (χ2n) is 4.57. The van der Waals surface area contributed by atoms with E-state index in [-0.39, 0.29) is 0 Å². The maximum Gasteiger partial charge on any atom is 0.508 e. The molecule has 0 aromatic heterocycles. The van der Waals surface area contributed by atoms with Gasteiger partial charge in [-0.3, -0.25) is 0 Å². The number of hydrazine groups is 1. The number of rotatable bonds is 3. The Morgan fingerprint density at radius 1 is 0.905 bits per heavy atom. The number of nitrogens with zero attached hydrogens (tertiary/aromatic N) is 2. The minimum absolute atomic E-state index is 0.336. The van der Waals surface area contributed by atoms with E-state index in [0.29, 0.717) is 11.2 Å². The predicted molar refractivity (Wildman–Crippen MR) is 84.1 cm³/mol. The molecule has 0 saturated carbocycles. The second kappa shape index (κ2) is 5.82. The van der Waals surface area contributed by atoms with Gasteiger partial charge in [0.1, 0.15) is 0 Å². The summed E-state index contributed by atoms with van der Waals surface area (Å²) >= 11 is 0. The molecule has 0 amide bonds. The molecule has 0 atom stereocenters. The Hall–Kier alpha value is -2.57. The van der Waals surface area contributed by atoms with Gasteiger partial charge in [0.15, 0.2) is 0 Å². The molecule has 5 nitrogen and oxygen atoms in total. The van der Waals surface area contributed by atoms with Crippen molar-refractivity contribution in [2.75, 3.05) is 5.01 Å². The molecule has 0 bridgehead atoms. The largest absolute Gasteiger partial charge is 0.508 e. The Labute approximate surface area is 123 Å². The van der Waals surface area contributed by atoms with Crippen LogP contribution < -0.4 is 10.5 Å². The van der Waals surface area contributed by atoms with Crippen LogP contribution >= 0.6 is 0 Å². The van der Waals surface area contributed by atoms with E-state index >= 15 is 0 Å². The normalized spacial score (nSPS) is 14.1. The lowest BCUT2D eigenvalue weighted by Crippen LogP contribution is -2.43. The molecule has 0 saturated heterocycles. The van der Waals surface area contributed by atoms with Gasteiger partial charge >= 0.3 is 7.12 Å². The Bertz CT molecular complexity index is 672. The van der Waals surface area contributed by atoms with Crippen LogP contribution in [0.25, 0.3) is 5.57 Å². The van der Waals surface area contributed by atoms with E-state index < -0.39 is 7.12 Å². The summed E-state index contributed by atoms with van der Waals surface area (Å²) in [6, 6.07) is 18.9. The summed E-state index contributed by atoms with van der Waals surface area (Å²) in [7, 11) is -1.63. The van der Waals surface area contributed by atoms with Crippen molar-refractivity contribution < 1.29 is 10.0 Å². The van der Waals surface area contributed by atoms with Crippen LogP contribution in [0.1, 0.15) is 5.56 Å². The quantitative estimate of drug-likeness (QED) is 0.743. The highest BCUT2D eigenvalue weighted by molar-refractivity contribution is 6.55. The van der Waals surface area contributed by atoms with E-state index in [1.165, 1.54) is 0 Å². The molecule has 1 aliphatic rings. The molecule has 0 aliphatic carbocycles. The summed E-state index contributed by atoms with van der Waals surface area (Å²) < 4.78 is 0. The summed E-state index contributed by atoms with van der Waals surface area (Å²) in [5.41, 5.74) is 5.42. The maximum atomic E-state index is 9.79. The Morgan fingerprint density at radius 2 is 1.52 bits per heavy atom. The third-order valence-electron chi connectivity index (χ3n) is 3.21. The predicted octanol–water partition coefficient (Wildman–Crippen LogP) is 1.42. The van der Waals surface area contributed by atoms with Gasteiger partial charge in [-0.1, -0.05) is 48.5 Å². The Balaban J connectivity index is 2.12. The first kappa shape index (κ1) is 13.4. The fourth-order valence-electron chi connectivity index (χ4n) is 2.26. The van der Waals surface area contributed by atoms with Crippen molar-refractivity contribution in [3.63, 3.8) is 0 Å². The molecule has 0 spiro atoms. The molecule has 0 fully saturated rings. The highest BCUT2D eigenvalue weighted by Crippen LogP contribution is 2.26. The summed E-state index contributed by atoms with van der Waals surface area (Å²) in [6.07, 6.45) is 1.59. The minimum Gasteiger partial charge on any atom is -0.422 e. The zero-order valence-corrected chi connectivity index (χ0v) is 11.2. The van der Waals surface area contributed by atoms with Gasteiger partial charge in [0.25, 0.3) is 0 Å². The smallest absolute Gasteiger partial charge is 0.422 e. The lowest BCUT2D eigenvalue weighted by atomic mass is 9.79. The van der Waals surface area contributed by atoms with E-state index in [2.05, 4.69) is 10.6 Å². The number of hydrazone groups is 1. The SMILES string of the molecule is OB(O)C1=C(c2ccccc2)C=NNN1c1ccccc1. The van der Waals surface area contributed by atoms with Gasteiger partial charge in [-0.2, -0.15) is 5.10 Å². The van der Waals surface area contributed by atoms with Crippen LogP contribution in [-0.2, 0) is 0 Å². The number of hydrogen-bond donors (Lipinski definition) is 3. The molecular formula is C15H14BN3O2. The number of nitrogens with one attached hydrogen (secondary N) is 1. The zero-order chi connectivity index (χ0) is 14.7. The van der Waals surface area contributed by atoms with Gasteiger partial charge in [-0.15, -0.1) is 0 Å². The van der Waals surface area contributed by atoms with Crippen LogP contribution in [0.5, 0.6) is 0 Å². The van der Waals surface area contributed by atoms with Crippen molar-refractivity contribution in [1.29, 1.82) is 0 Å². The number of hydrogen-bond acceptors (Lipinski definition) is 5. The van der Waals surface area contributed by atoms with Gasteiger partial charge in [-0.25, -0.2) is 10.5 Å². The lowest BCUT2D eigenvalue weighted by molar-refractivity contribution is 0.415. The van der Waals surface area contributed by atoms with Crippen molar-refractivity contribution in [2.24, 2.45) is 5.10 Å². The standard InChI is InChI=1S/C15H14BN3O2/c20-16(21)15-14(12-7-3-1-4-8-12)11-17-18-19(15)13-9-5-2-6-10-13/h1-11,18,20-21H. The molecule has 3 rings (SSSR count). The molecule has 2 aromatic carbocycles. The van der Waals surface area contributed by atoms with Gasteiger partial charge < -0.3 is 10.0 Å². The van der Waals surface area contributed by atoms with E-state index in [9.17, 15) is 10.0 Å². The van der Waals surface area contributed by atoms with Crippen LogP contribution in [0, 0.1) is 0 Å². The fourth-order valence-corrected chi connectivity index (χ4v) is 2.26. The van der Waals surface area contributed by atoms with Gasteiger partial charge in [-0.05, 0) is 17.7 Å². The number of para-hydroxylation sites is 1. The molecule has 21 heavy (non-hydrogen) atoms. The third kappa shape index (κ3) is 2.67. The average Bonchev–Trinajstić information content (AvgIpc) is 2.55. The first-order valence-corrected chi connectivity index (χ1v) is 6.57. The molecule has 2 aromatic rings. The Morgan fingerprint density at radius 3 is 2.14 bits per heavy atom. The molecule has 0 radical (unpaired) electrons. The minimum atomic E-state index is -1.63. The number of benzene rings is 2. The molecule has 1 aliphatic heterocycles. The highest BCUT2D eigenvalue weighted by atomic mass is 16.4. The first-order chi connectivity index (χ1) is 10.3. The summed E-state index contributed by atoms with van der Waals surface area (Å²) in [4.78, 5) is 0. The average molecular weight is 279 g/mol.